The molecule has 1 unspecified atom stereocenters. The van der Waals surface area contributed by atoms with E-state index >= 15 is 0 Å². The summed E-state index contributed by atoms with van der Waals surface area (Å²) < 4.78 is 8.00. The molecule has 0 aliphatic carbocycles. The number of pyridine rings is 2. The minimum atomic E-state index is 0.0640. The van der Waals surface area contributed by atoms with Gasteiger partial charge in [-0.2, -0.15) is 0 Å². The lowest BCUT2D eigenvalue weighted by Crippen LogP contribution is -2.44. The van der Waals surface area contributed by atoms with Gasteiger partial charge >= 0.3 is 0 Å². The molecule has 1 amide bonds. The monoisotopic (exact) mass is 364 g/mol. The number of aromatic nitrogens is 3. The number of aryl methyl sites for hydroxylation is 1. The van der Waals surface area contributed by atoms with Crippen LogP contribution in [0.25, 0.3) is 5.65 Å². The van der Waals surface area contributed by atoms with Crippen LogP contribution in [0.4, 0.5) is 0 Å². The Morgan fingerprint density at radius 3 is 3.04 bits per heavy atom. The quantitative estimate of drug-likeness (QED) is 0.698. The summed E-state index contributed by atoms with van der Waals surface area (Å²) >= 11 is 0. The average molecular weight is 364 g/mol. The van der Waals surface area contributed by atoms with Gasteiger partial charge in [0.25, 0.3) is 0 Å². The number of hydrogen-bond donors (Lipinski definition) is 0. The van der Waals surface area contributed by atoms with Crippen molar-refractivity contribution in [3.63, 3.8) is 0 Å². The van der Waals surface area contributed by atoms with Crippen LogP contribution in [0.1, 0.15) is 29.8 Å². The zero-order valence-electron chi connectivity index (χ0n) is 15.5. The largest absolute Gasteiger partial charge is 0.370 e. The highest BCUT2D eigenvalue weighted by molar-refractivity contribution is 5.78. The first kappa shape index (κ1) is 17.7. The van der Waals surface area contributed by atoms with E-state index in [-0.39, 0.29) is 12.0 Å². The van der Waals surface area contributed by atoms with Gasteiger partial charge in [0.1, 0.15) is 5.65 Å². The van der Waals surface area contributed by atoms with Crippen molar-refractivity contribution < 1.29 is 9.53 Å². The molecule has 3 aromatic rings. The highest BCUT2D eigenvalue weighted by atomic mass is 16.5. The van der Waals surface area contributed by atoms with E-state index in [1.165, 1.54) is 0 Å². The SMILES string of the molecule is Cc1cccn2c(CC(=O)N3CCCC(OCc4ccccn4)C3)cnc12. The molecular weight excluding hydrogens is 340 g/mol. The van der Waals surface area contributed by atoms with Gasteiger partial charge in [-0.25, -0.2) is 4.98 Å². The summed E-state index contributed by atoms with van der Waals surface area (Å²) in [6.07, 6.45) is 7.90. The van der Waals surface area contributed by atoms with Crippen LogP contribution in [-0.4, -0.2) is 44.4 Å². The molecule has 6 heteroatoms. The first-order chi connectivity index (χ1) is 13.2. The van der Waals surface area contributed by atoms with E-state index in [2.05, 4.69) is 9.97 Å². The minimum absolute atomic E-state index is 0.0640. The van der Waals surface area contributed by atoms with Gasteiger partial charge in [0, 0.05) is 31.7 Å². The number of carbonyl (C=O) groups is 1. The summed E-state index contributed by atoms with van der Waals surface area (Å²) in [6, 6.07) is 9.83. The summed E-state index contributed by atoms with van der Waals surface area (Å²) in [4.78, 5) is 23.5. The van der Waals surface area contributed by atoms with Gasteiger partial charge in [-0.1, -0.05) is 12.1 Å². The molecular formula is C21H24N4O2. The van der Waals surface area contributed by atoms with Crippen molar-refractivity contribution in [1.29, 1.82) is 0 Å². The average Bonchev–Trinajstić information content (AvgIpc) is 3.12. The molecule has 0 radical (unpaired) electrons. The number of amides is 1. The molecule has 27 heavy (non-hydrogen) atoms. The fourth-order valence-corrected chi connectivity index (χ4v) is 3.59. The molecule has 140 valence electrons. The maximum atomic E-state index is 12.8. The van der Waals surface area contributed by atoms with Crippen LogP contribution in [0, 0.1) is 6.92 Å². The molecule has 1 atom stereocenters. The van der Waals surface area contributed by atoms with E-state index in [1.807, 2.05) is 52.8 Å². The number of rotatable bonds is 5. The third-order valence-electron chi connectivity index (χ3n) is 5.06. The standard InChI is InChI=1S/C21H24N4O2/c1-16-6-4-11-25-18(13-23-21(16)25)12-20(26)24-10-5-8-19(14-24)27-15-17-7-2-3-9-22-17/h2-4,6-7,9,11,13,19H,5,8,10,12,14-15H2,1H3. The van der Waals surface area contributed by atoms with E-state index in [9.17, 15) is 4.79 Å². The molecule has 6 nitrogen and oxygen atoms in total. The molecule has 1 saturated heterocycles. The minimum Gasteiger partial charge on any atom is -0.370 e. The van der Waals surface area contributed by atoms with Crippen molar-refractivity contribution >= 4 is 11.6 Å². The molecule has 4 rings (SSSR count). The Hall–Kier alpha value is -2.73. The Bertz CT molecular complexity index is 922. The van der Waals surface area contributed by atoms with E-state index in [1.54, 1.807) is 12.4 Å². The Morgan fingerprint density at radius 1 is 1.26 bits per heavy atom. The van der Waals surface area contributed by atoms with Crippen molar-refractivity contribution in [1.82, 2.24) is 19.3 Å². The van der Waals surface area contributed by atoms with Crippen molar-refractivity contribution in [2.75, 3.05) is 13.1 Å². The highest BCUT2D eigenvalue weighted by Crippen LogP contribution is 2.17. The number of hydrogen-bond acceptors (Lipinski definition) is 4. The van der Waals surface area contributed by atoms with Crippen LogP contribution in [0.2, 0.25) is 0 Å². The van der Waals surface area contributed by atoms with Gasteiger partial charge < -0.3 is 14.0 Å². The predicted molar refractivity (Wildman–Crippen MR) is 102 cm³/mol. The Morgan fingerprint density at radius 2 is 2.19 bits per heavy atom. The number of imidazole rings is 1. The first-order valence-electron chi connectivity index (χ1n) is 9.41. The summed E-state index contributed by atoms with van der Waals surface area (Å²) in [5.74, 6) is 0.129. The normalized spacial score (nSPS) is 17.4. The fraction of sp³-hybridized carbons (Fsp3) is 0.381. The maximum Gasteiger partial charge on any atom is 0.228 e. The molecule has 1 aliphatic heterocycles. The van der Waals surface area contributed by atoms with Crippen LogP contribution in [0.3, 0.4) is 0 Å². The highest BCUT2D eigenvalue weighted by Gasteiger charge is 2.25. The zero-order chi connectivity index (χ0) is 18.6. The molecule has 1 fully saturated rings. The van der Waals surface area contributed by atoms with E-state index < -0.39 is 0 Å². The molecule has 0 N–H and O–H groups in total. The number of nitrogens with zero attached hydrogens (tertiary/aromatic N) is 4. The molecule has 0 saturated carbocycles. The van der Waals surface area contributed by atoms with E-state index in [4.69, 9.17) is 4.74 Å². The van der Waals surface area contributed by atoms with Gasteiger partial charge in [-0.05, 0) is 43.5 Å². The Kier molecular flexibility index (Phi) is 5.16. The van der Waals surface area contributed by atoms with Crippen molar-refractivity contribution in [3.05, 3.63) is 65.9 Å². The number of piperidine rings is 1. The topological polar surface area (TPSA) is 59.7 Å². The third kappa shape index (κ3) is 4.01. The number of likely N-dealkylation sites (tertiary alicyclic amines) is 1. The van der Waals surface area contributed by atoms with E-state index in [0.717, 1.165) is 42.0 Å². The van der Waals surface area contributed by atoms with Crippen LogP contribution in [-0.2, 0) is 22.6 Å². The Labute approximate surface area is 158 Å². The number of carbonyl (C=O) groups excluding carboxylic acids is 1. The van der Waals surface area contributed by atoms with Gasteiger partial charge in [-0.3, -0.25) is 9.78 Å². The van der Waals surface area contributed by atoms with E-state index in [0.29, 0.717) is 19.6 Å². The predicted octanol–water partition coefficient (Wildman–Crippen LogP) is 2.79. The molecule has 0 aromatic carbocycles. The van der Waals surface area contributed by atoms with Crippen LogP contribution < -0.4 is 0 Å². The molecule has 0 bridgehead atoms. The van der Waals surface area contributed by atoms with Gasteiger partial charge in [0.15, 0.2) is 0 Å². The summed E-state index contributed by atoms with van der Waals surface area (Å²) in [5, 5.41) is 0. The number of fused-ring (bicyclic) bond motifs is 1. The van der Waals surface area contributed by atoms with Crippen molar-refractivity contribution in [2.24, 2.45) is 0 Å². The smallest absolute Gasteiger partial charge is 0.228 e. The zero-order valence-corrected chi connectivity index (χ0v) is 15.5. The van der Waals surface area contributed by atoms with Crippen molar-refractivity contribution in [3.8, 4) is 0 Å². The second kappa shape index (κ2) is 7.88. The fourth-order valence-electron chi connectivity index (χ4n) is 3.59. The number of ether oxygens (including phenoxy) is 1. The molecule has 3 aromatic heterocycles. The molecule has 4 heterocycles. The maximum absolute atomic E-state index is 12.8. The molecule has 0 spiro atoms. The third-order valence-corrected chi connectivity index (χ3v) is 5.06. The van der Waals surface area contributed by atoms with Gasteiger partial charge in [-0.15, -0.1) is 0 Å². The first-order valence-corrected chi connectivity index (χ1v) is 9.41. The summed E-state index contributed by atoms with van der Waals surface area (Å²) in [7, 11) is 0. The summed E-state index contributed by atoms with van der Waals surface area (Å²) in [5.41, 5.74) is 3.87. The van der Waals surface area contributed by atoms with Crippen LogP contribution in [0.15, 0.2) is 48.9 Å². The molecule has 1 aliphatic rings. The lowest BCUT2D eigenvalue weighted by atomic mass is 10.1. The van der Waals surface area contributed by atoms with Crippen molar-refractivity contribution in [2.45, 2.75) is 38.9 Å². The lowest BCUT2D eigenvalue weighted by molar-refractivity contribution is -0.135. The second-order valence-electron chi connectivity index (χ2n) is 7.05. The van der Waals surface area contributed by atoms with Crippen LogP contribution in [0.5, 0.6) is 0 Å². The Balaban J connectivity index is 1.37. The van der Waals surface area contributed by atoms with Gasteiger partial charge in [0.05, 0.1) is 30.5 Å². The summed E-state index contributed by atoms with van der Waals surface area (Å²) in [6.45, 7) is 3.95. The lowest BCUT2D eigenvalue weighted by Gasteiger charge is -2.32. The van der Waals surface area contributed by atoms with Crippen LogP contribution >= 0.6 is 0 Å². The second-order valence-corrected chi connectivity index (χ2v) is 7.05. The van der Waals surface area contributed by atoms with Gasteiger partial charge in [0.2, 0.25) is 5.91 Å².